The molecule has 0 radical (unpaired) electrons. The Morgan fingerprint density at radius 3 is 2.70 bits per heavy atom. The van der Waals surface area contributed by atoms with E-state index < -0.39 is 6.36 Å². The third-order valence-electron chi connectivity index (χ3n) is 3.78. The number of rotatable bonds is 6. The summed E-state index contributed by atoms with van der Waals surface area (Å²) < 4.78 is 46.0. The average molecular weight is 398 g/mol. The molecule has 1 atom stereocenters. The minimum Gasteiger partial charge on any atom is -0.473 e. The quantitative estimate of drug-likeness (QED) is 0.802. The zero-order valence-electron chi connectivity index (χ0n) is 14.2. The van der Waals surface area contributed by atoms with Gasteiger partial charge >= 0.3 is 6.36 Å². The monoisotopic (exact) mass is 398 g/mol. The Morgan fingerprint density at radius 2 is 2.04 bits per heavy atom. The van der Waals surface area contributed by atoms with Gasteiger partial charge in [-0.3, -0.25) is 4.79 Å². The topological polar surface area (TPSA) is 60.5 Å². The van der Waals surface area contributed by atoms with Crippen molar-refractivity contribution in [3.63, 3.8) is 0 Å². The minimum atomic E-state index is -4.73. The number of benzene rings is 1. The van der Waals surface area contributed by atoms with Gasteiger partial charge < -0.3 is 14.8 Å². The molecule has 1 saturated heterocycles. The second-order valence-corrected chi connectivity index (χ2v) is 7.01. The predicted molar refractivity (Wildman–Crippen MR) is 94.9 cm³/mol. The number of amides is 1. The van der Waals surface area contributed by atoms with E-state index in [4.69, 9.17) is 4.74 Å². The highest BCUT2D eigenvalue weighted by atomic mass is 32.2. The van der Waals surface area contributed by atoms with Crippen molar-refractivity contribution < 1.29 is 27.4 Å². The Labute approximate surface area is 158 Å². The van der Waals surface area contributed by atoms with Crippen LogP contribution in [0.25, 0.3) is 0 Å². The number of hydrogen-bond acceptors (Lipinski definition) is 5. The maximum Gasteiger partial charge on any atom is 0.573 e. The van der Waals surface area contributed by atoms with Crippen molar-refractivity contribution >= 4 is 17.7 Å². The molecule has 0 aliphatic carbocycles. The summed E-state index contributed by atoms with van der Waals surface area (Å²) in [5, 5.41) is 2.71. The van der Waals surface area contributed by atoms with Gasteiger partial charge in [-0.2, -0.15) is 11.8 Å². The maximum absolute atomic E-state index is 12.3. The van der Waals surface area contributed by atoms with E-state index >= 15 is 0 Å². The van der Waals surface area contributed by atoms with Gasteiger partial charge in [-0.15, -0.1) is 13.2 Å². The van der Waals surface area contributed by atoms with Crippen LogP contribution in [0.4, 0.5) is 13.2 Å². The summed E-state index contributed by atoms with van der Waals surface area (Å²) in [6.45, 7) is 0.170. The van der Waals surface area contributed by atoms with Crippen molar-refractivity contribution in [3.8, 4) is 11.6 Å². The number of alkyl halides is 3. The fourth-order valence-corrected chi connectivity index (χ4v) is 3.58. The molecule has 0 spiro atoms. The van der Waals surface area contributed by atoms with Crippen LogP contribution in [0.1, 0.15) is 22.3 Å². The van der Waals surface area contributed by atoms with E-state index in [-0.39, 0.29) is 24.3 Å². The fourth-order valence-electron chi connectivity index (χ4n) is 2.49. The van der Waals surface area contributed by atoms with E-state index in [9.17, 15) is 18.0 Å². The molecule has 1 N–H and O–H groups in total. The molecule has 0 bridgehead atoms. The summed E-state index contributed by atoms with van der Waals surface area (Å²) in [7, 11) is 0. The molecular weight excluding hydrogens is 381 g/mol. The average Bonchev–Trinajstić information content (AvgIpc) is 3.13. The molecule has 2 heterocycles. The number of nitrogens with one attached hydrogen (secondary N) is 1. The first kappa shape index (κ1) is 19.3. The molecule has 1 aromatic carbocycles. The second-order valence-electron chi connectivity index (χ2n) is 5.86. The van der Waals surface area contributed by atoms with Gasteiger partial charge in [0.05, 0.1) is 0 Å². The molecular formula is C18H17F3N2O3S. The van der Waals surface area contributed by atoms with E-state index in [1.807, 2.05) is 11.8 Å². The molecule has 144 valence electrons. The Bertz CT molecular complexity index is 778. The lowest BCUT2D eigenvalue weighted by Crippen LogP contribution is -2.23. The van der Waals surface area contributed by atoms with Crippen molar-refractivity contribution in [2.45, 2.75) is 25.4 Å². The van der Waals surface area contributed by atoms with Gasteiger partial charge in [0.15, 0.2) is 0 Å². The Kier molecular flexibility index (Phi) is 6.10. The van der Waals surface area contributed by atoms with Gasteiger partial charge in [0.2, 0.25) is 5.88 Å². The van der Waals surface area contributed by atoms with Crippen LogP contribution in [-0.4, -0.2) is 34.9 Å². The lowest BCUT2D eigenvalue weighted by Gasteiger charge is -2.12. The van der Waals surface area contributed by atoms with Gasteiger partial charge in [0.25, 0.3) is 5.91 Å². The molecule has 9 heteroatoms. The smallest absolute Gasteiger partial charge is 0.473 e. The number of halogens is 3. The van der Waals surface area contributed by atoms with Crippen LogP contribution in [-0.2, 0) is 6.54 Å². The van der Waals surface area contributed by atoms with Crippen LogP contribution in [0.15, 0.2) is 42.6 Å². The number of pyridine rings is 1. The lowest BCUT2D eigenvalue weighted by molar-refractivity contribution is -0.274. The second kappa shape index (κ2) is 8.51. The number of aromatic nitrogens is 1. The molecule has 1 fully saturated rings. The van der Waals surface area contributed by atoms with Crippen LogP contribution in [0.3, 0.4) is 0 Å². The highest BCUT2D eigenvalue weighted by Gasteiger charge is 2.30. The number of carbonyl (C=O) groups excluding carboxylic acids is 1. The van der Waals surface area contributed by atoms with Crippen molar-refractivity contribution in [3.05, 3.63) is 53.7 Å². The van der Waals surface area contributed by atoms with Gasteiger partial charge in [-0.25, -0.2) is 4.98 Å². The number of nitrogens with zero attached hydrogens (tertiary/aromatic N) is 1. The Morgan fingerprint density at radius 1 is 1.26 bits per heavy atom. The first-order valence-electron chi connectivity index (χ1n) is 8.22. The first-order valence-corrected chi connectivity index (χ1v) is 9.38. The van der Waals surface area contributed by atoms with E-state index in [0.717, 1.165) is 17.9 Å². The molecule has 1 aliphatic rings. The number of thioether (sulfide) groups is 1. The van der Waals surface area contributed by atoms with Crippen molar-refractivity contribution in [2.75, 3.05) is 11.5 Å². The Balaban J connectivity index is 1.54. The zero-order valence-corrected chi connectivity index (χ0v) is 15.0. The molecule has 0 saturated carbocycles. The van der Waals surface area contributed by atoms with Crippen LogP contribution in [0.5, 0.6) is 11.6 Å². The molecule has 5 nitrogen and oxygen atoms in total. The molecule has 2 aromatic rings. The largest absolute Gasteiger partial charge is 0.573 e. The number of carbonyl (C=O) groups is 1. The van der Waals surface area contributed by atoms with E-state index in [0.29, 0.717) is 17.0 Å². The summed E-state index contributed by atoms with van der Waals surface area (Å²) in [4.78, 5) is 16.4. The van der Waals surface area contributed by atoms with Crippen LogP contribution < -0.4 is 14.8 Å². The molecule has 1 amide bonds. The Hall–Kier alpha value is -2.42. The molecule has 1 aliphatic heterocycles. The predicted octanol–water partition coefficient (Wildman–Crippen LogP) is 3.79. The summed E-state index contributed by atoms with van der Waals surface area (Å²) in [5.74, 6) is 1.74. The third-order valence-corrected chi connectivity index (χ3v) is 4.91. The third kappa shape index (κ3) is 6.06. The van der Waals surface area contributed by atoms with E-state index in [1.165, 1.54) is 30.5 Å². The van der Waals surface area contributed by atoms with Crippen molar-refractivity contribution in [2.24, 2.45) is 0 Å². The number of ether oxygens (including phenoxy) is 2. The van der Waals surface area contributed by atoms with Crippen LogP contribution >= 0.6 is 11.8 Å². The van der Waals surface area contributed by atoms with Crippen molar-refractivity contribution in [1.29, 1.82) is 0 Å². The van der Waals surface area contributed by atoms with Crippen LogP contribution in [0, 0.1) is 0 Å². The molecule has 27 heavy (non-hydrogen) atoms. The summed E-state index contributed by atoms with van der Waals surface area (Å²) in [6.07, 6.45) is -2.15. The van der Waals surface area contributed by atoms with Crippen LogP contribution in [0.2, 0.25) is 0 Å². The first-order chi connectivity index (χ1) is 12.9. The molecule has 3 rings (SSSR count). The standard InChI is InChI=1S/C18H17F3N2O3S/c19-18(20,21)26-14-3-1-12(2-4-14)10-23-17(24)13-5-7-22-16(9-13)25-15-6-8-27-11-15/h1-5,7,9,15H,6,8,10-11H2,(H,23,24)/t15-/m0/s1. The SMILES string of the molecule is O=C(NCc1ccc(OC(F)(F)F)cc1)c1ccnc(O[C@H]2CCSC2)c1. The van der Waals surface area contributed by atoms with E-state index in [1.54, 1.807) is 12.1 Å². The maximum atomic E-state index is 12.3. The zero-order chi connectivity index (χ0) is 19.3. The van der Waals surface area contributed by atoms with Crippen molar-refractivity contribution in [1.82, 2.24) is 10.3 Å². The lowest BCUT2D eigenvalue weighted by atomic mass is 10.2. The summed E-state index contributed by atoms with van der Waals surface area (Å²) in [5.41, 5.74) is 1.05. The normalized spacial score (nSPS) is 16.8. The fraction of sp³-hybridized carbons (Fsp3) is 0.333. The highest BCUT2D eigenvalue weighted by molar-refractivity contribution is 7.99. The van der Waals surface area contributed by atoms with Gasteiger partial charge in [0.1, 0.15) is 11.9 Å². The minimum absolute atomic E-state index is 0.109. The van der Waals surface area contributed by atoms with E-state index in [2.05, 4.69) is 15.0 Å². The highest BCUT2D eigenvalue weighted by Crippen LogP contribution is 2.23. The summed E-state index contributed by atoms with van der Waals surface area (Å²) >= 11 is 1.82. The number of hydrogen-bond donors (Lipinski definition) is 1. The summed E-state index contributed by atoms with van der Waals surface area (Å²) in [6, 6.07) is 8.48. The molecule has 1 aromatic heterocycles. The molecule has 0 unspecified atom stereocenters. The van der Waals surface area contributed by atoms with Gasteiger partial charge in [0, 0.05) is 30.1 Å². The van der Waals surface area contributed by atoms with Gasteiger partial charge in [-0.1, -0.05) is 12.1 Å². The van der Waals surface area contributed by atoms with Gasteiger partial charge in [-0.05, 0) is 35.9 Å².